The quantitative estimate of drug-likeness (QED) is 0.395. The summed E-state index contributed by atoms with van der Waals surface area (Å²) in [6.45, 7) is 0. The van der Waals surface area contributed by atoms with Crippen LogP contribution in [0.4, 0.5) is 0 Å². The lowest BCUT2D eigenvalue weighted by Crippen LogP contribution is -2.01. The molecule has 0 aliphatic rings. The Morgan fingerprint density at radius 1 is 0.731 bits per heavy atom. The topological polar surface area (TPSA) is 30.7 Å². The third-order valence-corrected chi connectivity index (χ3v) is 4.77. The minimum Gasteiger partial charge on any atom is -0.301 e. The van der Waals surface area contributed by atoms with E-state index in [1.807, 2.05) is 54.6 Å². The fraction of sp³-hybridized carbons (Fsp3) is 0. The number of hydrogen-bond donors (Lipinski definition) is 0. The van der Waals surface area contributed by atoms with Crippen LogP contribution in [-0.4, -0.2) is 14.5 Å². The van der Waals surface area contributed by atoms with E-state index in [0.29, 0.717) is 10.8 Å². The number of hydrogen-bond acceptors (Lipinski definition) is 2. The Morgan fingerprint density at radius 2 is 1.50 bits per heavy atom. The van der Waals surface area contributed by atoms with Crippen molar-refractivity contribution in [2.75, 3.05) is 0 Å². The van der Waals surface area contributed by atoms with Gasteiger partial charge in [0.25, 0.3) is 0 Å². The Balaban J connectivity index is 1.82. The van der Waals surface area contributed by atoms with E-state index in [1.54, 1.807) is 0 Å². The fourth-order valence-electron chi connectivity index (χ4n) is 3.24. The van der Waals surface area contributed by atoms with E-state index in [9.17, 15) is 0 Å². The molecule has 124 valence electrons. The molecule has 5 rings (SSSR count). The number of aromatic nitrogens is 3. The second-order valence-electron chi connectivity index (χ2n) is 6.14. The third-order valence-electron chi connectivity index (χ3n) is 4.51. The van der Waals surface area contributed by atoms with Crippen molar-refractivity contribution >= 4 is 33.4 Å². The van der Waals surface area contributed by atoms with Crippen LogP contribution in [-0.2, 0) is 0 Å². The van der Waals surface area contributed by atoms with Crippen molar-refractivity contribution < 1.29 is 0 Å². The minimum atomic E-state index is 0.688. The van der Waals surface area contributed by atoms with Gasteiger partial charge in [0.1, 0.15) is 5.82 Å². The summed E-state index contributed by atoms with van der Waals surface area (Å²) < 4.78 is 2.12. The highest BCUT2D eigenvalue weighted by Crippen LogP contribution is 2.28. The summed E-state index contributed by atoms with van der Waals surface area (Å²) in [4.78, 5) is 9.66. The second-order valence-corrected chi connectivity index (χ2v) is 6.58. The van der Waals surface area contributed by atoms with Gasteiger partial charge >= 0.3 is 0 Å². The molecule has 2 heterocycles. The number of para-hydroxylation sites is 2. The molecular weight excluding hydrogens is 342 g/mol. The largest absolute Gasteiger partial charge is 0.301 e. The van der Waals surface area contributed by atoms with Gasteiger partial charge in [-0.25, -0.2) is 9.97 Å². The van der Waals surface area contributed by atoms with Gasteiger partial charge in [0.2, 0.25) is 0 Å². The highest BCUT2D eigenvalue weighted by atomic mass is 35.5. The van der Waals surface area contributed by atoms with Crippen molar-refractivity contribution in [3.63, 3.8) is 0 Å². The Hall–Kier alpha value is -3.17. The van der Waals surface area contributed by atoms with Crippen LogP contribution < -0.4 is 0 Å². The Kier molecular flexibility index (Phi) is 3.47. The molecule has 3 nitrogen and oxygen atoms in total. The Bertz CT molecular complexity index is 1240. The van der Waals surface area contributed by atoms with E-state index in [4.69, 9.17) is 21.6 Å². The lowest BCUT2D eigenvalue weighted by Gasteiger charge is -2.11. The van der Waals surface area contributed by atoms with E-state index >= 15 is 0 Å². The number of rotatable bonds is 2. The zero-order chi connectivity index (χ0) is 17.5. The van der Waals surface area contributed by atoms with Crippen LogP contribution in [0.5, 0.6) is 0 Å². The average molecular weight is 356 g/mol. The first-order valence-electron chi connectivity index (χ1n) is 8.39. The molecule has 0 bridgehead atoms. The van der Waals surface area contributed by atoms with Crippen LogP contribution in [0.25, 0.3) is 39.0 Å². The van der Waals surface area contributed by atoms with Gasteiger partial charge in [-0.2, -0.15) is 0 Å². The van der Waals surface area contributed by atoms with Gasteiger partial charge in [-0.1, -0.05) is 41.9 Å². The van der Waals surface area contributed by atoms with E-state index in [2.05, 4.69) is 35.0 Å². The van der Waals surface area contributed by atoms with Crippen LogP contribution in [0.3, 0.4) is 0 Å². The summed E-state index contributed by atoms with van der Waals surface area (Å²) in [7, 11) is 0. The summed E-state index contributed by atoms with van der Waals surface area (Å²) in [5.74, 6) is 1.56. The van der Waals surface area contributed by atoms with Crippen molar-refractivity contribution in [2.24, 2.45) is 0 Å². The van der Waals surface area contributed by atoms with Gasteiger partial charge in [0.05, 0.1) is 11.0 Å². The van der Waals surface area contributed by atoms with Gasteiger partial charge in [0.15, 0.2) is 5.82 Å². The maximum atomic E-state index is 6.03. The zero-order valence-corrected chi connectivity index (χ0v) is 14.6. The molecule has 0 unspecified atom stereocenters. The zero-order valence-electron chi connectivity index (χ0n) is 13.8. The number of fused-ring (bicyclic) bond motifs is 2. The van der Waals surface area contributed by atoms with Crippen LogP contribution in [0.1, 0.15) is 0 Å². The van der Waals surface area contributed by atoms with Gasteiger partial charge in [-0.3, -0.25) is 0 Å². The first kappa shape index (κ1) is 15.1. The molecule has 0 spiro atoms. The van der Waals surface area contributed by atoms with Gasteiger partial charge < -0.3 is 4.57 Å². The highest BCUT2D eigenvalue weighted by molar-refractivity contribution is 6.30. The molecule has 0 fully saturated rings. The first-order valence-corrected chi connectivity index (χ1v) is 8.76. The molecule has 5 aromatic rings. The van der Waals surface area contributed by atoms with E-state index in [-0.39, 0.29) is 0 Å². The van der Waals surface area contributed by atoms with Crippen LogP contribution in [0.15, 0.2) is 85.1 Å². The van der Waals surface area contributed by atoms with Crippen LogP contribution in [0.2, 0.25) is 5.02 Å². The molecule has 0 N–H and O–H groups in total. The number of halogens is 1. The van der Waals surface area contributed by atoms with Crippen LogP contribution >= 0.6 is 11.6 Å². The standard InChI is InChI=1S/C22H14ClN3/c23-17-11-9-16(10-12-17)21-24-19-7-3-2-6-18(19)22(25-21)26-14-13-15-5-1-4-8-20(15)26/h1-14H. The second kappa shape index (κ2) is 5.97. The first-order chi connectivity index (χ1) is 12.8. The van der Waals surface area contributed by atoms with E-state index in [1.165, 1.54) is 5.39 Å². The van der Waals surface area contributed by atoms with E-state index < -0.39 is 0 Å². The third kappa shape index (κ3) is 2.45. The van der Waals surface area contributed by atoms with E-state index in [0.717, 1.165) is 27.8 Å². The highest BCUT2D eigenvalue weighted by Gasteiger charge is 2.12. The molecule has 2 aromatic heterocycles. The molecule has 0 saturated heterocycles. The Labute approximate surface area is 155 Å². The predicted octanol–water partition coefficient (Wildman–Crippen LogP) is 5.89. The lowest BCUT2D eigenvalue weighted by atomic mass is 10.2. The molecular formula is C22H14ClN3. The monoisotopic (exact) mass is 355 g/mol. The van der Waals surface area contributed by atoms with Crippen molar-refractivity contribution in [1.29, 1.82) is 0 Å². The maximum absolute atomic E-state index is 6.03. The van der Waals surface area contributed by atoms with Crippen molar-refractivity contribution in [2.45, 2.75) is 0 Å². The average Bonchev–Trinajstić information content (AvgIpc) is 3.12. The molecule has 0 aliphatic heterocycles. The van der Waals surface area contributed by atoms with Gasteiger partial charge in [0, 0.05) is 22.2 Å². The summed E-state index contributed by atoms with van der Waals surface area (Å²) in [5.41, 5.74) is 2.98. The number of nitrogens with zero attached hydrogens (tertiary/aromatic N) is 3. The summed E-state index contributed by atoms with van der Waals surface area (Å²) in [6, 6.07) is 26.1. The Morgan fingerprint density at radius 3 is 2.38 bits per heavy atom. The molecule has 0 atom stereocenters. The van der Waals surface area contributed by atoms with Crippen molar-refractivity contribution in [1.82, 2.24) is 14.5 Å². The molecule has 3 aromatic carbocycles. The van der Waals surface area contributed by atoms with Crippen molar-refractivity contribution in [3.05, 3.63) is 90.1 Å². The smallest absolute Gasteiger partial charge is 0.162 e. The molecule has 4 heteroatoms. The normalized spacial score (nSPS) is 11.3. The van der Waals surface area contributed by atoms with Crippen molar-refractivity contribution in [3.8, 4) is 17.2 Å². The fourth-order valence-corrected chi connectivity index (χ4v) is 3.37. The van der Waals surface area contributed by atoms with Crippen LogP contribution in [0, 0.1) is 0 Å². The molecule has 0 amide bonds. The molecule has 26 heavy (non-hydrogen) atoms. The SMILES string of the molecule is Clc1ccc(-c2nc(-n3ccc4ccccc43)c3ccccc3n2)cc1. The minimum absolute atomic E-state index is 0.688. The lowest BCUT2D eigenvalue weighted by molar-refractivity contribution is 1.04. The molecule has 0 saturated carbocycles. The predicted molar refractivity (Wildman–Crippen MR) is 107 cm³/mol. The summed E-state index contributed by atoms with van der Waals surface area (Å²) in [5, 5.41) is 2.90. The summed E-state index contributed by atoms with van der Waals surface area (Å²) >= 11 is 6.03. The number of benzene rings is 3. The summed E-state index contributed by atoms with van der Waals surface area (Å²) in [6.07, 6.45) is 2.06. The van der Waals surface area contributed by atoms with Gasteiger partial charge in [-0.05, 0) is 53.9 Å². The maximum Gasteiger partial charge on any atom is 0.162 e. The van der Waals surface area contributed by atoms with Gasteiger partial charge in [-0.15, -0.1) is 0 Å². The molecule has 0 aliphatic carbocycles. The molecule has 0 radical (unpaired) electrons.